The summed E-state index contributed by atoms with van der Waals surface area (Å²) in [5.41, 5.74) is 1.02. The van der Waals surface area contributed by atoms with Crippen molar-refractivity contribution in [1.82, 2.24) is 4.57 Å². The molecule has 1 unspecified atom stereocenters. The summed E-state index contributed by atoms with van der Waals surface area (Å²) in [4.78, 5) is 0. The van der Waals surface area contributed by atoms with Gasteiger partial charge in [0.25, 0.3) is 0 Å². The highest BCUT2D eigenvalue weighted by Crippen LogP contribution is 2.41. The van der Waals surface area contributed by atoms with Crippen molar-refractivity contribution in [2.75, 3.05) is 7.11 Å². The fourth-order valence-electron chi connectivity index (χ4n) is 3.53. The molecule has 1 rings (SSSR count). The van der Waals surface area contributed by atoms with E-state index in [1.54, 1.807) is 13.3 Å². The van der Waals surface area contributed by atoms with E-state index < -0.39 is 0 Å². The molecule has 0 spiro atoms. The number of unbranched alkanes of at least 4 members (excludes halogenated alkanes) is 5. The summed E-state index contributed by atoms with van der Waals surface area (Å²) >= 11 is 0. The molecule has 1 aromatic heterocycles. The molecule has 0 saturated carbocycles. The van der Waals surface area contributed by atoms with Crippen molar-refractivity contribution in [2.24, 2.45) is 7.05 Å². The van der Waals surface area contributed by atoms with Crippen LogP contribution in [-0.2, 0) is 12.5 Å². The Morgan fingerprint density at radius 2 is 1.59 bits per heavy atom. The Morgan fingerprint density at radius 3 is 2.14 bits per heavy atom. The first-order valence-electron chi connectivity index (χ1n) is 8.89. The second-order valence-corrected chi connectivity index (χ2v) is 6.80. The van der Waals surface area contributed by atoms with Crippen molar-refractivity contribution in [1.29, 1.82) is 0 Å². The van der Waals surface area contributed by atoms with Gasteiger partial charge in [-0.15, -0.1) is 0 Å². The van der Waals surface area contributed by atoms with E-state index in [9.17, 15) is 4.39 Å². The maximum absolute atomic E-state index is 14.1. The minimum absolute atomic E-state index is 0.00660. The topological polar surface area (TPSA) is 14.2 Å². The molecule has 1 atom stereocenters. The van der Waals surface area contributed by atoms with Crippen LogP contribution in [0.2, 0.25) is 0 Å². The maximum Gasteiger partial charge on any atom is 0.183 e. The molecule has 0 amide bonds. The average molecular weight is 311 g/mol. The third-order valence-corrected chi connectivity index (χ3v) is 4.78. The number of aromatic nitrogens is 1. The second kappa shape index (κ2) is 9.22. The van der Waals surface area contributed by atoms with Crippen LogP contribution in [0.3, 0.4) is 0 Å². The van der Waals surface area contributed by atoms with Crippen LogP contribution < -0.4 is 4.74 Å². The quantitative estimate of drug-likeness (QED) is 0.458. The van der Waals surface area contributed by atoms with E-state index in [1.807, 2.05) is 11.6 Å². The lowest BCUT2D eigenvalue weighted by atomic mass is 9.76. The number of rotatable bonds is 11. The van der Waals surface area contributed by atoms with E-state index in [2.05, 4.69) is 20.8 Å². The van der Waals surface area contributed by atoms with Crippen molar-refractivity contribution >= 4 is 0 Å². The summed E-state index contributed by atoms with van der Waals surface area (Å²) < 4.78 is 21.4. The fourth-order valence-corrected chi connectivity index (χ4v) is 3.53. The standard InChI is InChI=1S/C19H34FNO/c1-6-8-10-12-14-19(3,13-11-9-7-2)18-17(22-5)16(20)15-21(18)4/h15H,6-14H2,1-5H3. The van der Waals surface area contributed by atoms with Gasteiger partial charge in [0.15, 0.2) is 11.6 Å². The highest BCUT2D eigenvalue weighted by atomic mass is 19.1. The zero-order valence-electron chi connectivity index (χ0n) is 15.2. The van der Waals surface area contributed by atoms with Crippen molar-refractivity contribution in [3.63, 3.8) is 0 Å². The summed E-state index contributed by atoms with van der Waals surface area (Å²) in [6.45, 7) is 6.74. The van der Waals surface area contributed by atoms with Crippen LogP contribution in [0, 0.1) is 5.82 Å². The zero-order chi connectivity index (χ0) is 16.6. The van der Waals surface area contributed by atoms with Crippen LogP contribution in [0.5, 0.6) is 5.75 Å². The van der Waals surface area contributed by atoms with Crippen LogP contribution in [0.25, 0.3) is 0 Å². The molecule has 1 aromatic rings. The van der Waals surface area contributed by atoms with Gasteiger partial charge in [-0.2, -0.15) is 0 Å². The molecule has 22 heavy (non-hydrogen) atoms. The van der Waals surface area contributed by atoms with Crippen LogP contribution in [-0.4, -0.2) is 11.7 Å². The molecule has 0 saturated heterocycles. The Labute approximate surface area is 136 Å². The van der Waals surface area contributed by atoms with E-state index in [1.165, 1.54) is 44.9 Å². The zero-order valence-corrected chi connectivity index (χ0v) is 15.2. The molecule has 1 heterocycles. The Kier molecular flexibility index (Phi) is 7.98. The van der Waals surface area contributed by atoms with Crippen molar-refractivity contribution in [2.45, 2.75) is 84.0 Å². The number of nitrogens with zero attached hydrogens (tertiary/aromatic N) is 1. The molecule has 0 N–H and O–H groups in total. The van der Waals surface area contributed by atoms with E-state index in [0.29, 0.717) is 5.75 Å². The molecule has 0 aliphatic carbocycles. The predicted octanol–water partition coefficient (Wildman–Crippen LogP) is 5.98. The average Bonchev–Trinajstić information content (AvgIpc) is 2.78. The molecular formula is C19H34FNO. The van der Waals surface area contributed by atoms with Gasteiger partial charge >= 0.3 is 0 Å². The van der Waals surface area contributed by atoms with Gasteiger partial charge in [0.05, 0.1) is 12.8 Å². The molecule has 0 aliphatic heterocycles. The van der Waals surface area contributed by atoms with Crippen LogP contribution in [0.4, 0.5) is 4.39 Å². The minimum Gasteiger partial charge on any atom is -0.492 e. The lowest BCUT2D eigenvalue weighted by Gasteiger charge is -2.31. The smallest absolute Gasteiger partial charge is 0.183 e. The number of hydrogen-bond donors (Lipinski definition) is 0. The van der Waals surface area contributed by atoms with Crippen LogP contribution in [0.15, 0.2) is 6.20 Å². The van der Waals surface area contributed by atoms with Gasteiger partial charge in [-0.1, -0.05) is 65.7 Å². The summed E-state index contributed by atoms with van der Waals surface area (Å²) in [6, 6.07) is 0. The minimum atomic E-state index is -0.240. The third kappa shape index (κ3) is 4.76. The summed E-state index contributed by atoms with van der Waals surface area (Å²) in [7, 11) is 3.51. The van der Waals surface area contributed by atoms with E-state index in [4.69, 9.17) is 4.74 Å². The Balaban J connectivity index is 2.97. The Bertz CT molecular complexity index is 441. The lowest BCUT2D eigenvalue weighted by Crippen LogP contribution is -2.25. The number of hydrogen-bond acceptors (Lipinski definition) is 1. The van der Waals surface area contributed by atoms with Gasteiger partial charge in [0.1, 0.15) is 0 Å². The van der Waals surface area contributed by atoms with Gasteiger partial charge in [-0.25, -0.2) is 4.39 Å². The van der Waals surface area contributed by atoms with Crippen LogP contribution in [0.1, 0.15) is 84.3 Å². The molecule has 0 aliphatic rings. The molecule has 0 fully saturated rings. The van der Waals surface area contributed by atoms with Crippen molar-refractivity contribution in [3.05, 3.63) is 17.7 Å². The number of methoxy groups -OCH3 is 1. The van der Waals surface area contributed by atoms with Crippen molar-refractivity contribution in [3.8, 4) is 5.75 Å². The maximum atomic E-state index is 14.1. The van der Waals surface area contributed by atoms with Gasteiger partial charge in [-0.3, -0.25) is 0 Å². The molecule has 3 heteroatoms. The monoisotopic (exact) mass is 311 g/mol. The Morgan fingerprint density at radius 1 is 1.05 bits per heavy atom. The molecule has 0 radical (unpaired) electrons. The normalized spacial score (nSPS) is 14.1. The van der Waals surface area contributed by atoms with E-state index in [0.717, 1.165) is 18.5 Å². The molecular weight excluding hydrogens is 277 g/mol. The first kappa shape index (κ1) is 19.1. The van der Waals surface area contributed by atoms with Gasteiger partial charge in [0, 0.05) is 18.7 Å². The van der Waals surface area contributed by atoms with Gasteiger partial charge in [-0.05, 0) is 12.8 Å². The largest absolute Gasteiger partial charge is 0.492 e. The SMILES string of the molecule is CCCCCCC(C)(CCCCC)c1c(OC)c(F)cn1C. The number of aryl methyl sites for hydroxylation is 1. The Hall–Kier alpha value is -0.990. The van der Waals surface area contributed by atoms with Gasteiger partial charge in [0.2, 0.25) is 0 Å². The second-order valence-electron chi connectivity index (χ2n) is 6.80. The first-order chi connectivity index (χ1) is 10.5. The summed E-state index contributed by atoms with van der Waals surface area (Å²) in [6.07, 6.45) is 12.4. The van der Waals surface area contributed by atoms with E-state index in [-0.39, 0.29) is 11.2 Å². The van der Waals surface area contributed by atoms with E-state index >= 15 is 0 Å². The van der Waals surface area contributed by atoms with Crippen LogP contribution >= 0.6 is 0 Å². The fraction of sp³-hybridized carbons (Fsp3) is 0.789. The highest BCUT2D eigenvalue weighted by molar-refractivity contribution is 5.37. The van der Waals surface area contributed by atoms with Gasteiger partial charge < -0.3 is 9.30 Å². The molecule has 2 nitrogen and oxygen atoms in total. The number of ether oxygens (including phenoxy) is 1. The molecule has 0 bridgehead atoms. The summed E-state index contributed by atoms with van der Waals surface area (Å²) in [5, 5.41) is 0. The number of halogens is 1. The third-order valence-electron chi connectivity index (χ3n) is 4.78. The van der Waals surface area contributed by atoms with Crippen molar-refractivity contribution < 1.29 is 9.13 Å². The summed E-state index contributed by atoms with van der Waals surface area (Å²) in [5.74, 6) is 0.201. The molecule has 0 aromatic carbocycles. The highest BCUT2D eigenvalue weighted by Gasteiger charge is 2.33. The predicted molar refractivity (Wildman–Crippen MR) is 92.2 cm³/mol. The molecule has 128 valence electrons. The lowest BCUT2D eigenvalue weighted by molar-refractivity contribution is 0.319. The first-order valence-corrected chi connectivity index (χ1v) is 8.89.